The molecule has 0 aromatic heterocycles. The van der Waals surface area contributed by atoms with Gasteiger partial charge >= 0.3 is 0 Å². The van der Waals surface area contributed by atoms with Crippen LogP contribution in [0.4, 0.5) is 11.4 Å². The van der Waals surface area contributed by atoms with E-state index in [2.05, 4.69) is 0 Å². The van der Waals surface area contributed by atoms with Gasteiger partial charge in [0.15, 0.2) is 4.32 Å². The molecule has 0 aliphatic carbocycles. The van der Waals surface area contributed by atoms with Crippen molar-refractivity contribution in [2.24, 2.45) is 0 Å². The highest BCUT2D eigenvalue weighted by atomic mass is 32.2. The monoisotopic (exact) mass is 356 g/mol. The van der Waals surface area contributed by atoms with Crippen LogP contribution in [0.15, 0.2) is 53.4 Å². The Labute approximate surface area is 148 Å². The first kappa shape index (κ1) is 16.4. The normalized spacial score (nSPS) is 16.0. The highest BCUT2D eigenvalue weighted by Crippen LogP contribution is 2.38. The van der Waals surface area contributed by atoms with Crippen LogP contribution in [0, 0.1) is 17.0 Å². The maximum Gasteiger partial charge on any atom is 0.276 e. The molecule has 1 saturated heterocycles. The fourth-order valence-corrected chi connectivity index (χ4v) is 3.68. The highest BCUT2D eigenvalue weighted by molar-refractivity contribution is 8.27. The zero-order valence-electron chi connectivity index (χ0n) is 12.6. The predicted octanol–water partition coefficient (Wildman–Crippen LogP) is 4.31. The number of carbonyl (C=O) groups excluding carboxylic acids is 1. The molecular weight excluding hydrogens is 344 g/mol. The third kappa shape index (κ3) is 2.95. The largest absolute Gasteiger partial charge is 0.276 e. The van der Waals surface area contributed by atoms with Gasteiger partial charge in [0, 0.05) is 6.07 Å². The number of nitro groups is 1. The molecule has 0 bridgehead atoms. The lowest BCUT2D eigenvalue weighted by Crippen LogP contribution is -2.28. The van der Waals surface area contributed by atoms with Crippen LogP contribution in [-0.4, -0.2) is 15.2 Å². The number of para-hydroxylation sites is 2. The number of thioether (sulfide) groups is 1. The fourth-order valence-electron chi connectivity index (χ4n) is 2.41. The molecule has 0 radical (unpaired) electrons. The maximum atomic E-state index is 12.7. The van der Waals surface area contributed by atoms with E-state index < -0.39 is 4.92 Å². The lowest BCUT2D eigenvalue weighted by molar-refractivity contribution is -0.385. The SMILES string of the molecule is Cc1ccccc1N1C(=O)/C(=C\c2ccccc2[N+](=O)[O-])SC1=S. The number of rotatable bonds is 3. The lowest BCUT2D eigenvalue weighted by atomic mass is 10.1. The second kappa shape index (κ2) is 6.54. The molecule has 0 spiro atoms. The summed E-state index contributed by atoms with van der Waals surface area (Å²) in [5.41, 5.74) is 2.00. The first-order valence-electron chi connectivity index (χ1n) is 7.06. The number of hydrogen-bond acceptors (Lipinski definition) is 5. The number of carbonyl (C=O) groups is 1. The van der Waals surface area contributed by atoms with Crippen molar-refractivity contribution < 1.29 is 9.72 Å². The first-order valence-corrected chi connectivity index (χ1v) is 8.28. The molecule has 2 aromatic carbocycles. The number of nitrogens with zero attached hydrogens (tertiary/aromatic N) is 2. The van der Waals surface area contributed by atoms with Crippen molar-refractivity contribution in [1.29, 1.82) is 0 Å². The maximum absolute atomic E-state index is 12.7. The number of benzene rings is 2. The molecule has 0 N–H and O–H groups in total. The van der Waals surface area contributed by atoms with Crippen LogP contribution in [0.25, 0.3) is 6.08 Å². The van der Waals surface area contributed by atoms with Gasteiger partial charge < -0.3 is 0 Å². The van der Waals surface area contributed by atoms with Crippen molar-refractivity contribution in [3.63, 3.8) is 0 Å². The Morgan fingerprint density at radius 3 is 2.54 bits per heavy atom. The number of anilines is 1. The molecule has 1 heterocycles. The van der Waals surface area contributed by atoms with E-state index in [0.717, 1.165) is 23.0 Å². The second-order valence-electron chi connectivity index (χ2n) is 5.12. The van der Waals surface area contributed by atoms with Gasteiger partial charge in [-0.05, 0) is 30.7 Å². The zero-order chi connectivity index (χ0) is 17.3. The summed E-state index contributed by atoms with van der Waals surface area (Å²) in [6.45, 7) is 1.90. The summed E-state index contributed by atoms with van der Waals surface area (Å²) in [5.74, 6) is -0.266. The smallest absolute Gasteiger partial charge is 0.268 e. The molecule has 1 aliphatic heterocycles. The van der Waals surface area contributed by atoms with E-state index in [1.54, 1.807) is 18.2 Å². The second-order valence-corrected chi connectivity index (χ2v) is 6.80. The minimum absolute atomic E-state index is 0.0429. The van der Waals surface area contributed by atoms with E-state index in [1.807, 2.05) is 31.2 Å². The summed E-state index contributed by atoms with van der Waals surface area (Å²) in [5, 5.41) is 11.1. The Morgan fingerprint density at radius 2 is 1.83 bits per heavy atom. The van der Waals surface area contributed by atoms with Gasteiger partial charge in [-0.3, -0.25) is 19.8 Å². The van der Waals surface area contributed by atoms with Crippen LogP contribution in [0.5, 0.6) is 0 Å². The predicted molar refractivity (Wildman–Crippen MR) is 99.9 cm³/mol. The van der Waals surface area contributed by atoms with Gasteiger partial charge in [-0.15, -0.1) is 0 Å². The van der Waals surface area contributed by atoms with Gasteiger partial charge in [-0.2, -0.15) is 0 Å². The summed E-state index contributed by atoms with van der Waals surface area (Å²) < 4.78 is 0.416. The van der Waals surface area contributed by atoms with Gasteiger partial charge in [0.2, 0.25) is 0 Å². The van der Waals surface area contributed by atoms with Gasteiger partial charge in [-0.25, -0.2) is 0 Å². The lowest BCUT2D eigenvalue weighted by Gasteiger charge is -2.16. The molecule has 1 aliphatic rings. The molecule has 0 atom stereocenters. The number of nitro benzene ring substituents is 1. The van der Waals surface area contributed by atoms with Gasteiger partial charge in [-0.1, -0.05) is 54.3 Å². The Hall–Kier alpha value is -2.51. The first-order chi connectivity index (χ1) is 11.5. The van der Waals surface area contributed by atoms with Gasteiger partial charge in [0.1, 0.15) is 0 Å². The number of hydrogen-bond donors (Lipinski definition) is 0. The topological polar surface area (TPSA) is 63.5 Å². The molecule has 7 heteroatoms. The zero-order valence-corrected chi connectivity index (χ0v) is 14.3. The summed E-state index contributed by atoms with van der Waals surface area (Å²) in [4.78, 5) is 25.2. The Kier molecular flexibility index (Phi) is 4.46. The van der Waals surface area contributed by atoms with Crippen LogP contribution in [0.1, 0.15) is 11.1 Å². The van der Waals surface area contributed by atoms with Crippen molar-refractivity contribution >= 4 is 51.7 Å². The molecule has 1 fully saturated rings. The molecule has 120 valence electrons. The molecule has 0 unspecified atom stereocenters. The van der Waals surface area contributed by atoms with Crippen molar-refractivity contribution in [1.82, 2.24) is 0 Å². The Bertz CT molecular complexity index is 893. The standard InChI is InChI=1S/C17H12N2O3S2/c1-11-6-2-4-8-13(11)18-16(20)15(24-17(18)23)10-12-7-3-5-9-14(12)19(21)22/h2-10H,1H3/b15-10+. The number of amides is 1. The van der Waals surface area contributed by atoms with Crippen LogP contribution >= 0.6 is 24.0 Å². The minimum Gasteiger partial charge on any atom is -0.268 e. The van der Waals surface area contributed by atoms with Crippen molar-refractivity contribution in [2.75, 3.05) is 4.90 Å². The Balaban J connectivity index is 2.01. The van der Waals surface area contributed by atoms with Crippen molar-refractivity contribution in [3.05, 3.63) is 74.7 Å². The molecule has 5 nitrogen and oxygen atoms in total. The fraction of sp³-hybridized carbons (Fsp3) is 0.0588. The van der Waals surface area contributed by atoms with E-state index >= 15 is 0 Å². The molecule has 2 aromatic rings. The van der Waals surface area contributed by atoms with Crippen LogP contribution in [0.3, 0.4) is 0 Å². The quantitative estimate of drug-likeness (QED) is 0.355. The van der Waals surface area contributed by atoms with Gasteiger partial charge in [0.25, 0.3) is 11.6 Å². The molecule has 3 rings (SSSR count). The third-order valence-corrected chi connectivity index (χ3v) is 4.87. The summed E-state index contributed by atoms with van der Waals surface area (Å²) in [6.07, 6.45) is 1.52. The Morgan fingerprint density at radius 1 is 1.17 bits per heavy atom. The molecule has 1 amide bonds. The van der Waals surface area contributed by atoms with Crippen LogP contribution < -0.4 is 4.90 Å². The summed E-state index contributed by atoms with van der Waals surface area (Å²) in [6, 6.07) is 13.8. The summed E-state index contributed by atoms with van der Waals surface area (Å²) >= 11 is 6.48. The average molecular weight is 356 g/mol. The minimum atomic E-state index is -0.464. The number of aryl methyl sites for hydroxylation is 1. The molecule has 24 heavy (non-hydrogen) atoms. The van der Waals surface area contributed by atoms with Crippen molar-refractivity contribution in [3.8, 4) is 0 Å². The van der Waals surface area contributed by atoms with E-state index in [1.165, 1.54) is 17.0 Å². The van der Waals surface area contributed by atoms with E-state index in [9.17, 15) is 14.9 Å². The highest BCUT2D eigenvalue weighted by Gasteiger charge is 2.34. The molecule has 0 saturated carbocycles. The summed E-state index contributed by atoms with van der Waals surface area (Å²) in [7, 11) is 0. The van der Waals surface area contributed by atoms with Crippen molar-refractivity contribution in [2.45, 2.75) is 6.92 Å². The third-order valence-electron chi connectivity index (χ3n) is 3.57. The average Bonchev–Trinajstić information content (AvgIpc) is 2.82. The van der Waals surface area contributed by atoms with Crippen LogP contribution in [0.2, 0.25) is 0 Å². The van der Waals surface area contributed by atoms with E-state index in [4.69, 9.17) is 12.2 Å². The van der Waals surface area contributed by atoms with E-state index in [0.29, 0.717) is 14.8 Å². The van der Waals surface area contributed by atoms with Gasteiger partial charge in [0.05, 0.1) is 21.1 Å². The van der Waals surface area contributed by atoms with E-state index in [-0.39, 0.29) is 11.6 Å². The number of thiocarbonyl (C=S) groups is 1. The molecular formula is C17H12N2O3S2. The van der Waals surface area contributed by atoms with Crippen LogP contribution in [-0.2, 0) is 4.79 Å².